The Balaban J connectivity index is 1.94. The highest BCUT2D eigenvalue weighted by Gasteiger charge is 2.16. The Bertz CT molecular complexity index is 895. The number of hydrogen-bond acceptors (Lipinski definition) is 8. The summed E-state index contributed by atoms with van der Waals surface area (Å²) < 4.78 is 10.00. The molecule has 2 aromatic carbocycles. The number of hydrazone groups is 1. The van der Waals surface area contributed by atoms with E-state index < -0.39 is 22.5 Å². The van der Waals surface area contributed by atoms with Crippen LogP contribution in [0, 0.1) is 10.1 Å². The highest BCUT2D eigenvalue weighted by molar-refractivity contribution is 5.98. The minimum Gasteiger partial charge on any atom is -0.507 e. The molecular weight excluding hydrogens is 370 g/mol. The van der Waals surface area contributed by atoms with Crippen LogP contribution in [0.2, 0.25) is 0 Å². The maximum absolute atomic E-state index is 12.0. The van der Waals surface area contributed by atoms with Crippen LogP contribution < -0.4 is 10.2 Å². The number of hydrogen-bond donors (Lipinski definition) is 2. The van der Waals surface area contributed by atoms with Gasteiger partial charge in [0.2, 0.25) is 0 Å². The number of phenols is 1. The van der Waals surface area contributed by atoms with Crippen LogP contribution in [0.25, 0.3) is 0 Å². The number of nitrogens with one attached hydrogen (secondary N) is 1. The molecule has 146 valence electrons. The average molecular weight is 387 g/mol. The zero-order valence-electron chi connectivity index (χ0n) is 14.8. The quantitative estimate of drug-likeness (QED) is 0.305. The van der Waals surface area contributed by atoms with Crippen molar-refractivity contribution in [1.29, 1.82) is 0 Å². The first kappa shape index (κ1) is 20.4. The molecule has 0 fully saturated rings. The topological polar surface area (TPSA) is 140 Å². The van der Waals surface area contributed by atoms with E-state index in [1.165, 1.54) is 6.21 Å². The second-order valence-corrected chi connectivity index (χ2v) is 5.32. The number of carbonyl (C=O) groups excluding carboxylic acids is 2. The third-order valence-corrected chi connectivity index (χ3v) is 3.36. The number of non-ortho nitro benzene ring substituents is 1. The van der Waals surface area contributed by atoms with E-state index in [0.717, 1.165) is 18.2 Å². The van der Waals surface area contributed by atoms with Gasteiger partial charge in [-0.25, -0.2) is 10.2 Å². The summed E-state index contributed by atoms with van der Waals surface area (Å²) in [7, 11) is 0. The van der Waals surface area contributed by atoms with Crippen LogP contribution in [-0.2, 0) is 9.53 Å². The fourth-order valence-corrected chi connectivity index (χ4v) is 2.04. The van der Waals surface area contributed by atoms with E-state index in [2.05, 4.69) is 10.5 Å². The van der Waals surface area contributed by atoms with Gasteiger partial charge in [-0.2, -0.15) is 5.10 Å². The first-order chi connectivity index (χ1) is 13.4. The molecule has 28 heavy (non-hydrogen) atoms. The number of phenolic OH excluding ortho intramolecular Hbond substituents is 1. The van der Waals surface area contributed by atoms with Crippen LogP contribution in [0.15, 0.2) is 47.6 Å². The summed E-state index contributed by atoms with van der Waals surface area (Å²) in [6.07, 6.45) is 1.33. The Kier molecular flexibility index (Phi) is 7.03. The normalized spacial score (nSPS) is 10.5. The maximum atomic E-state index is 12.0. The largest absolute Gasteiger partial charge is 0.507 e. The van der Waals surface area contributed by atoms with Crippen molar-refractivity contribution < 1.29 is 29.1 Å². The lowest BCUT2D eigenvalue weighted by molar-refractivity contribution is -0.384. The number of nitro benzene ring substituents is 1. The van der Waals surface area contributed by atoms with Gasteiger partial charge in [0.05, 0.1) is 23.3 Å². The summed E-state index contributed by atoms with van der Waals surface area (Å²) in [4.78, 5) is 33.3. The standard InChI is InChI=1S/C18H17N3O7/c1-2-27-17(23)11-28-14-6-3-12(4-7-14)10-19-20-18(24)15-9-13(21(25)26)5-8-16(15)22/h3-10,22H,2,11H2,1H3,(H,20,24)/b19-10+. The van der Waals surface area contributed by atoms with Crippen LogP contribution in [0.1, 0.15) is 22.8 Å². The van der Waals surface area contributed by atoms with Gasteiger partial charge >= 0.3 is 5.97 Å². The molecule has 0 heterocycles. The van der Waals surface area contributed by atoms with Crippen molar-refractivity contribution >= 4 is 23.8 Å². The van der Waals surface area contributed by atoms with Gasteiger partial charge in [0.1, 0.15) is 11.5 Å². The second-order valence-electron chi connectivity index (χ2n) is 5.32. The van der Waals surface area contributed by atoms with Crippen LogP contribution in [0.3, 0.4) is 0 Å². The molecule has 10 heteroatoms. The van der Waals surface area contributed by atoms with E-state index in [0.29, 0.717) is 11.3 Å². The van der Waals surface area contributed by atoms with E-state index in [1.54, 1.807) is 31.2 Å². The first-order valence-electron chi connectivity index (χ1n) is 8.10. The number of nitrogens with zero attached hydrogens (tertiary/aromatic N) is 2. The van der Waals surface area contributed by atoms with Gasteiger partial charge in [-0.1, -0.05) is 0 Å². The third-order valence-electron chi connectivity index (χ3n) is 3.36. The number of ether oxygens (including phenoxy) is 2. The fourth-order valence-electron chi connectivity index (χ4n) is 2.04. The molecule has 0 aromatic heterocycles. The Morgan fingerprint density at radius 1 is 1.25 bits per heavy atom. The number of rotatable bonds is 8. The molecule has 0 saturated carbocycles. The van der Waals surface area contributed by atoms with Gasteiger partial charge in [-0.3, -0.25) is 14.9 Å². The van der Waals surface area contributed by atoms with Gasteiger partial charge in [0, 0.05) is 12.1 Å². The van der Waals surface area contributed by atoms with Gasteiger partial charge in [0.25, 0.3) is 11.6 Å². The molecule has 0 aliphatic heterocycles. The van der Waals surface area contributed by atoms with Crippen molar-refractivity contribution in [3.63, 3.8) is 0 Å². The van der Waals surface area contributed by atoms with Crippen molar-refractivity contribution in [3.05, 3.63) is 63.7 Å². The number of amides is 1. The predicted molar refractivity (Wildman–Crippen MR) is 98.4 cm³/mol. The van der Waals surface area contributed by atoms with E-state index >= 15 is 0 Å². The molecule has 0 aliphatic rings. The zero-order chi connectivity index (χ0) is 20.5. The summed E-state index contributed by atoms with van der Waals surface area (Å²) in [5, 5.41) is 24.2. The van der Waals surface area contributed by atoms with Gasteiger partial charge < -0.3 is 14.6 Å². The fraction of sp³-hybridized carbons (Fsp3) is 0.167. The SMILES string of the molecule is CCOC(=O)COc1ccc(/C=N/NC(=O)c2cc([N+](=O)[O-])ccc2O)cc1. The molecule has 0 radical (unpaired) electrons. The number of carbonyl (C=O) groups is 2. The third kappa shape index (κ3) is 5.80. The summed E-state index contributed by atoms with van der Waals surface area (Å²) in [6.45, 7) is 1.77. The number of benzene rings is 2. The average Bonchev–Trinajstić information content (AvgIpc) is 2.67. The zero-order valence-corrected chi connectivity index (χ0v) is 14.8. The maximum Gasteiger partial charge on any atom is 0.344 e. The molecule has 0 unspecified atom stereocenters. The van der Waals surface area contributed by atoms with Crippen molar-refractivity contribution in [1.82, 2.24) is 5.43 Å². The lowest BCUT2D eigenvalue weighted by Gasteiger charge is -2.05. The van der Waals surface area contributed by atoms with Crippen molar-refractivity contribution in [2.45, 2.75) is 6.92 Å². The summed E-state index contributed by atoms with van der Waals surface area (Å²) in [6, 6.07) is 9.59. The first-order valence-corrected chi connectivity index (χ1v) is 8.10. The molecule has 0 bridgehead atoms. The monoisotopic (exact) mass is 387 g/mol. The van der Waals surface area contributed by atoms with Crippen LogP contribution in [0.5, 0.6) is 11.5 Å². The number of aromatic hydroxyl groups is 1. The smallest absolute Gasteiger partial charge is 0.344 e. The highest BCUT2D eigenvalue weighted by atomic mass is 16.6. The van der Waals surface area contributed by atoms with E-state index in [-0.39, 0.29) is 24.5 Å². The Labute approximate surface area is 159 Å². The second kappa shape index (κ2) is 9.67. The molecule has 1 amide bonds. The van der Waals surface area contributed by atoms with Crippen molar-refractivity contribution in [3.8, 4) is 11.5 Å². The number of esters is 1. The summed E-state index contributed by atoms with van der Waals surface area (Å²) in [5.41, 5.74) is 2.20. The van der Waals surface area contributed by atoms with Crippen LogP contribution in [0.4, 0.5) is 5.69 Å². The molecule has 2 N–H and O–H groups in total. The molecule has 0 spiro atoms. The lowest BCUT2D eigenvalue weighted by Crippen LogP contribution is -2.18. The van der Waals surface area contributed by atoms with Crippen LogP contribution in [-0.4, -0.2) is 41.3 Å². The lowest BCUT2D eigenvalue weighted by atomic mass is 10.1. The highest BCUT2D eigenvalue weighted by Crippen LogP contribution is 2.22. The van der Waals surface area contributed by atoms with E-state index in [9.17, 15) is 24.8 Å². The molecule has 0 saturated heterocycles. The summed E-state index contributed by atoms with van der Waals surface area (Å²) in [5.74, 6) is -1.22. The van der Waals surface area contributed by atoms with Gasteiger partial charge in [-0.05, 0) is 42.8 Å². The molecule has 0 atom stereocenters. The minimum atomic E-state index is -0.799. The van der Waals surface area contributed by atoms with Crippen molar-refractivity contribution in [2.75, 3.05) is 13.2 Å². The Morgan fingerprint density at radius 3 is 2.61 bits per heavy atom. The Morgan fingerprint density at radius 2 is 1.96 bits per heavy atom. The predicted octanol–water partition coefficient (Wildman–Crippen LogP) is 2.01. The van der Waals surface area contributed by atoms with Gasteiger partial charge in [-0.15, -0.1) is 0 Å². The molecule has 0 aliphatic carbocycles. The Hall–Kier alpha value is -3.95. The van der Waals surface area contributed by atoms with Gasteiger partial charge in [0.15, 0.2) is 6.61 Å². The molecule has 2 aromatic rings. The molecule has 10 nitrogen and oxygen atoms in total. The molecule has 2 rings (SSSR count). The minimum absolute atomic E-state index is 0.204. The van der Waals surface area contributed by atoms with Crippen LogP contribution >= 0.6 is 0 Å². The van der Waals surface area contributed by atoms with Crippen molar-refractivity contribution in [2.24, 2.45) is 5.10 Å². The number of nitro groups is 1. The molecular formula is C18H17N3O7. The summed E-state index contributed by atoms with van der Waals surface area (Å²) >= 11 is 0. The van der Waals surface area contributed by atoms with E-state index in [1.807, 2.05) is 0 Å². The van der Waals surface area contributed by atoms with E-state index in [4.69, 9.17) is 9.47 Å².